The van der Waals surface area contributed by atoms with E-state index in [0.717, 1.165) is 22.2 Å². The summed E-state index contributed by atoms with van der Waals surface area (Å²) in [6.07, 6.45) is -0.298. The minimum atomic E-state index is -1.03. The summed E-state index contributed by atoms with van der Waals surface area (Å²) in [6.45, 7) is 5.97. The molecule has 264 valence electrons. The zero-order chi connectivity index (χ0) is 37.0. The maximum absolute atomic E-state index is 17.2. The first-order chi connectivity index (χ1) is 25.8. The summed E-state index contributed by atoms with van der Waals surface area (Å²) in [7, 11) is 0. The van der Waals surface area contributed by atoms with Crippen LogP contribution in [0.5, 0.6) is 11.5 Å². The van der Waals surface area contributed by atoms with E-state index in [0.29, 0.717) is 40.0 Å². The van der Waals surface area contributed by atoms with Crippen LogP contribution in [0.4, 0.5) is 10.1 Å². The number of aromatic nitrogens is 2. The first kappa shape index (κ1) is 35.3. The molecular weight excluding hydrogens is 683 g/mol. The highest BCUT2D eigenvalue weighted by Gasteiger charge is 2.43. The largest absolute Gasteiger partial charge is 0.494 e. The third kappa shape index (κ3) is 6.82. The van der Waals surface area contributed by atoms with Gasteiger partial charge in [0.15, 0.2) is 11.6 Å². The van der Waals surface area contributed by atoms with Gasteiger partial charge in [-0.2, -0.15) is 5.26 Å². The van der Waals surface area contributed by atoms with E-state index in [4.69, 9.17) is 26.1 Å². The lowest BCUT2D eigenvalue weighted by Gasteiger charge is -2.40. The molecule has 1 N–H and O–H groups in total. The van der Waals surface area contributed by atoms with Gasteiger partial charge >= 0.3 is 0 Å². The summed E-state index contributed by atoms with van der Waals surface area (Å²) in [5.74, 6) is 0.483. The van der Waals surface area contributed by atoms with Gasteiger partial charge in [-0.3, -0.25) is 0 Å². The summed E-state index contributed by atoms with van der Waals surface area (Å²) >= 11 is 6.82. The van der Waals surface area contributed by atoms with Crippen LogP contribution in [0.2, 0.25) is 5.02 Å². The number of fused-ring (bicyclic) bond motifs is 1. The summed E-state index contributed by atoms with van der Waals surface area (Å²) in [5, 5.41) is 13.7. The number of anilines is 1. The van der Waals surface area contributed by atoms with E-state index in [1.807, 2.05) is 106 Å². The average molecular weight is 721 g/mol. The number of nitriles is 1. The third-order valence-corrected chi connectivity index (χ3v) is 9.40. The summed E-state index contributed by atoms with van der Waals surface area (Å²) < 4.78 is 31.5. The lowest BCUT2D eigenvalue weighted by atomic mass is 9.76. The molecule has 0 saturated heterocycles. The standard InChI is InChI=1S/C45H38ClFN4O2/c1-4-52-37-27-38(42(47)41(28-37)53-30(2)3)43(49-36-23-20-31(29-48)21-24-36)44-50-39-25-22-35(46)26-40(39)51(44)45(32-14-8-5-9-15-32,33-16-10-6-11-17-33)34-18-12-7-13-19-34/h5-28,30,43,49H,4H2,1-3H3. The molecule has 0 bridgehead atoms. The number of hydrogen-bond donors (Lipinski definition) is 1. The van der Waals surface area contributed by atoms with Crippen LogP contribution in [0.15, 0.2) is 146 Å². The molecule has 0 amide bonds. The number of imidazole rings is 1. The molecule has 0 aliphatic carbocycles. The van der Waals surface area contributed by atoms with Gasteiger partial charge in [-0.05, 0) is 86.0 Å². The molecule has 1 aromatic heterocycles. The second kappa shape index (κ2) is 15.2. The molecule has 1 heterocycles. The molecule has 7 rings (SSSR count). The molecule has 1 atom stereocenters. The highest BCUT2D eigenvalue weighted by atomic mass is 35.5. The molecule has 0 saturated carbocycles. The Bertz CT molecular complexity index is 2280. The molecule has 0 fully saturated rings. The van der Waals surface area contributed by atoms with Crippen molar-refractivity contribution in [3.63, 3.8) is 0 Å². The minimum Gasteiger partial charge on any atom is -0.494 e. The van der Waals surface area contributed by atoms with E-state index in [2.05, 4.69) is 52.4 Å². The molecule has 0 radical (unpaired) electrons. The van der Waals surface area contributed by atoms with Crippen molar-refractivity contribution in [1.82, 2.24) is 9.55 Å². The topological polar surface area (TPSA) is 72.1 Å². The number of rotatable bonds is 12. The van der Waals surface area contributed by atoms with E-state index in [-0.39, 0.29) is 17.4 Å². The van der Waals surface area contributed by atoms with Gasteiger partial charge in [0.1, 0.15) is 23.2 Å². The van der Waals surface area contributed by atoms with Crippen molar-refractivity contribution in [2.24, 2.45) is 0 Å². The number of benzene rings is 6. The molecule has 53 heavy (non-hydrogen) atoms. The second-order valence-corrected chi connectivity index (χ2v) is 13.4. The average Bonchev–Trinajstić information content (AvgIpc) is 3.55. The smallest absolute Gasteiger partial charge is 0.171 e. The van der Waals surface area contributed by atoms with Gasteiger partial charge in [-0.25, -0.2) is 9.37 Å². The van der Waals surface area contributed by atoms with Gasteiger partial charge in [-0.15, -0.1) is 0 Å². The Kier molecular flexibility index (Phi) is 10.2. The van der Waals surface area contributed by atoms with Crippen molar-refractivity contribution >= 4 is 28.3 Å². The van der Waals surface area contributed by atoms with Crippen molar-refractivity contribution in [2.75, 3.05) is 11.9 Å². The Balaban J connectivity index is 1.65. The maximum Gasteiger partial charge on any atom is 0.171 e. The van der Waals surface area contributed by atoms with Gasteiger partial charge in [0, 0.05) is 22.3 Å². The van der Waals surface area contributed by atoms with Gasteiger partial charge in [-0.1, -0.05) is 103 Å². The number of halogens is 2. The third-order valence-electron chi connectivity index (χ3n) is 9.16. The second-order valence-electron chi connectivity index (χ2n) is 12.9. The fourth-order valence-corrected chi connectivity index (χ4v) is 7.19. The van der Waals surface area contributed by atoms with Crippen LogP contribution in [0.25, 0.3) is 11.0 Å². The van der Waals surface area contributed by atoms with Crippen LogP contribution in [-0.4, -0.2) is 22.3 Å². The first-order valence-electron chi connectivity index (χ1n) is 17.6. The molecule has 7 aromatic rings. The van der Waals surface area contributed by atoms with E-state index in [1.54, 1.807) is 24.3 Å². The van der Waals surface area contributed by atoms with Crippen LogP contribution in [0, 0.1) is 17.1 Å². The number of nitrogens with zero attached hydrogens (tertiary/aromatic N) is 3. The van der Waals surface area contributed by atoms with Crippen LogP contribution in [-0.2, 0) is 5.54 Å². The maximum atomic E-state index is 17.2. The van der Waals surface area contributed by atoms with Crippen molar-refractivity contribution in [2.45, 2.75) is 38.5 Å². The summed E-state index contributed by atoms with van der Waals surface area (Å²) in [6, 6.07) is 48.0. The van der Waals surface area contributed by atoms with Crippen molar-refractivity contribution in [3.8, 4) is 17.6 Å². The number of hydrogen-bond acceptors (Lipinski definition) is 5. The lowest BCUT2D eigenvalue weighted by Crippen LogP contribution is -2.40. The normalized spacial score (nSPS) is 12.0. The summed E-state index contributed by atoms with van der Waals surface area (Å²) in [4.78, 5) is 5.35. The van der Waals surface area contributed by atoms with Crippen LogP contribution in [0.1, 0.15) is 60.5 Å². The lowest BCUT2D eigenvalue weighted by molar-refractivity contribution is 0.228. The van der Waals surface area contributed by atoms with Gasteiger partial charge in [0.2, 0.25) is 0 Å². The minimum absolute atomic E-state index is 0.0683. The number of nitrogens with one attached hydrogen (secondary N) is 1. The van der Waals surface area contributed by atoms with Crippen molar-refractivity contribution in [3.05, 3.63) is 190 Å². The van der Waals surface area contributed by atoms with Crippen molar-refractivity contribution < 1.29 is 13.9 Å². The highest BCUT2D eigenvalue weighted by molar-refractivity contribution is 6.31. The fraction of sp³-hybridized carbons (Fsp3) is 0.156. The van der Waals surface area contributed by atoms with Crippen LogP contribution < -0.4 is 14.8 Å². The summed E-state index contributed by atoms with van der Waals surface area (Å²) in [5.41, 5.74) is 4.69. The van der Waals surface area contributed by atoms with E-state index in [1.165, 1.54) is 0 Å². The van der Waals surface area contributed by atoms with E-state index < -0.39 is 17.4 Å². The predicted octanol–water partition coefficient (Wildman–Crippen LogP) is 10.9. The van der Waals surface area contributed by atoms with Crippen LogP contribution in [0.3, 0.4) is 0 Å². The molecule has 0 aliphatic rings. The molecule has 1 unspecified atom stereocenters. The Hall–Kier alpha value is -6.10. The fourth-order valence-electron chi connectivity index (χ4n) is 7.02. The van der Waals surface area contributed by atoms with Crippen LogP contribution >= 0.6 is 11.6 Å². The zero-order valence-corrected chi connectivity index (χ0v) is 30.4. The molecule has 0 spiro atoms. The predicted molar refractivity (Wildman–Crippen MR) is 209 cm³/mol. The quantitative estimate of drug-likeness (QED) is 0.127. The molecule has 8 heteroatoms. The number of ether oxygens (including phenoxy) is 2. The Morgan fingerprint density at radius 1 is 0.811 bits per heavy atom. The zero-order valence-electron chi connectivity index (χ0n) is 29.6. The van der Waals surface area contributed by atoms with E-state index in [9.17, 15) is 5.26 Å². The monoisotopic (exact) mass is 720 g/mol. The van der Waals surface area contributed by atoms with Crippen molar-refractivity contribution in [1.29, 1.82) is 5.26 Å². The Morgan fingerprint density at radius 2 is 1.40 bits per heavy atom. The van der Waals surface area contributed by atoms with E-state index >= 15 is 4.39 Å². The van der Waals surface area contributed by atoms with Gasteiger partial charge < -0.3 is 19.4 Å². The van der Waals surface area contributed by atoms with Gasteiger partial charge in [0.25, 0.3) is 0 Å². The molecular formula is C45H38ClFN4O2. The molecule has 6 aromatic carbocycles. The Morgan fingerprint density at radius 3 is 1.92 bits per heavy atom. The molecule has 0 aliphatic heterocycles. The first-order valence-corrected chi connectivity index (χ1v) is 18.0. The molecule has 6 nitrogen and oxygen atoms in total. The SMILES string of the molecule is CCOc1cc(OC(C)C)c(F)c(C(Nc2ccc(C#N)cc2)c2nc3ccc(Cl)cc3n2C(c2ccccc2)(c2ccccc2)c2ccccc2)c1. The van der Waals surface area contributed by atoms with Gasteiger partial charge in [0.05, 0.1) is 35.4 Å². The highest BCUT2D eigenvalue weighted by Crippen LogP contribution is 2.47. The Labute approximate surface area is 314 Å².